The number of rotatable bonds is 5. The Morgan fingerprint density at radius 2 is 1.80 bits per heavy atom. The fourth-order valence-electron chi connectivity index (χ4n) is 2.01. The van der Waals surface area contributed by atoms with E-state index in [9.17, 15) is 23.1 Å². The Morgan fingerprint density at radius 3 is 2.44 bits per heavy atom. The second-order valence-corrected chi connectivity index (χ2v) is 6.37. The molecule has 0 spiro atoms. The van der Waals surface area contributed by atoms with Crippen LogP contribution in [0.3, 0.4) is 0 Å². The second-order valence-electron chi connectivity index (χ2n) is 5.35. The predicted molar refractivity (Wildman–Crippen MR) is 91.8 cm³/mol. The average Bonchev–Trinajstić information content (AvgIpc) is 2.55. The number of nitrogens with zero attached hydrogens (tertiary/aromatic N) is 1. The minimum Gasteiger partial charge on any atom is -0.508 e. The number of carbonyl (C=O) groups excluding carboxylic acids is 1. The van der Waals surface area contributed by atoms with Crippen molar-refractivity contribution in [2.45, 2.75) is 17.6 Å². The van der Waals surface area contributed by atoms with Crippen LogP contribution < -0.4 is 5.32 Å². The maximum absolute atomic E-state index is 12.4. The number of halogens is 3. The number of urea groups is 1. The summed E-state index contributed by atoms with van der Waals surface area (Å²) in [6.07, 6.45) is -4.28. The highest BCUT2D eigenvalue weighted by molar-refractivity contribution is 7.99. The number of benzene rings is 2. The van der Waals surface area contributed by atoms with E-state index in [-0.39, 0.29) is 5.75 Å². The normalized spacial score (nSPS) is 11.2. The van der Waals surface area contributed by atoms with Gasteiger partial charge in [-0.3, -0.25) is 0 Å². The van der Waals surface area contributed by atoms with Gasteiger partial charge in [0.15, 0.2) is 0 Å². The molecule has 25 heavy (non-hydrogen) atoms. The van der Waals surface area contributed by atoms with Gasteiger partial charge < -0.3 is 15.3 Å². The minimum atomic E-state index is -4.28. The third kappa shape index (κ3) is 6.22. The Labute approximate surface area is 147 Å². The number of alkyl halides is 3. The summed E-state index contributed by atoms with van der Waals surface area (Å²) in [6, 6.07) is 12.3. The van der Waals surface area contributed by atoms with E-state index in [1.54, 1.807) is 37.4 Å². The Hall–Kier alpha value is -2.35. The summed E-state index contributed by atoms with van der Waals surface area (Å²) in [7, 11) is 1.58. The molecule has 0 atom stereocenters. The summed E-state index contributed by atoms with van der Waals surface area (Å²) in [5.41, 5.74) is 1.15. The fourth-order valence-corrected chi connectivity index (χ4v) is 2.78. The molecule has 0 aliphatic rings. The number of phenols is 1. The molecule has 0 saturated carbocycles. The zero-order valence-electron chi connectivity index (χ0n) is 13.4. The van der Waals surface area contributed by atoms with E-state index >= 15 is 0 Å². The van der Waals surface area contributed by atoms with Crippen molar-refractivity contribution in [3.63, 3.8) is 0 Å². The van der Waals surface area contributed by atoms with Crippen LogP contribution in [0.5, 0.6) is 5.75 Å². The number of anilines is 1. The van der Waals surface area contributed by atoms with Crippen molar-refractivity contribution >= 4 is 23.5 Å². The minimum absolute atomic E-state index is 0.131. The third-order valence-corrected chi connectivity index (χ3v) is 4.36. The van der Waals surface area contributed by atoms with Gasteiger partial charge in [0, 0.05) is 18.5 Å². The van der Waals surface area contributed by atoms with E-state index in [0.29, 0.717) is 28.9 Å². The molecule has 2 N–H and O–H groups in total. The van der Waals surface area contributed by atoms with Crippen molar-refractivity contribution in [1.82, 2.24) is 4.90 Å². The molecule has 2 amide bonds. The van der Waals surface area contributed by atoms with E-state index in [1.807, 2.05) is 0 Å². The van der Waals surface area contributed by atoms with Gasteiger partial charge in [0.25, 0.3) is 0 Å². The number of hydrogen-bond donors (Lipinski definition) is 2. The van der Waals surface area contributed by atoms with Crippen molar-refractivity contribution in [2.75, 3.05) is 18.1 Å². The Kier molecular flexibility index (Phi) is 6.19. The zero-order valence-corrected chi connectivity index (χ0v) is 14.2. The van der Waals surface area contributed by atoms with Crippen LogP contribution in [0, 0.1) is 0 Å². The Balaban J connectivity index is 2.00. The maximum atomic E-state index is 12.4. The first-order chi connectivity index (χ1) is 11.7. The molecule has 2 rings (SSSR count). The summed E-state index contributed by atoms with van der Waals surface area (Å²) < 4.78 is 37.2. The number of amides is 2. The number of nitrogens with one attached hydrogen (secondary N) is 1. The molecule has 0 bridgehead atoms. The first-order valence-corrected chi connectivity index (χ1v) is 8.32. The standard InChI is InChI=1S/C17H17F3N2O2S/c1-22(10-12-6-8-13(23)9-7-12)16(24)21-14-4-2-3-5-15(14)25-11-17(18,19)20/h2-9,23H,10-11H2,1H3,(H,21,24). The molecule has 0 aromatic heterocycles. The van der Waals surface area contributed by atoms with E-state index < -0.39 is 18.0 Å². The van der Waals surface area contributed by atoms with E-state index in [0.717, 1.165) is 5.56 Å². The smallest absolute Gasteiger partial charge is 0.398 e. The van der Waals surface area contributed by atoms with Gasteiger partial charge in [-0.05, 0) is 29.8 Å². The van der Waals surface area contributed by atoms with Gasteiger partial charge in [-0.2, -0.15) is 13.2 Å². The topological polar surface area (TPSA) is 52.6 Å². The number of thioether (sulfide) groups is 1. The van der Waals surface area contributed by atoms with Crippen molar-refractivity contribution in [2.24, 2.45) is 0 Å². The first kappa shape index (κ1) is 19.0. The summed E-state index contributed by atoms with van der Waals surface area (Å²) in [6.45, 7) is 0.296. The van der Waals surface area contributed by atoms with Crippen LogP contribution in [0.4, 0.5) is 23.7 Å². The number of phenolic OH excluding ortho intramolecular Hbond substituents is 1. The molecule has 2 aromatic rings. The number of hydrogen-bond acceptors (Lipinski definition) is 3. The van der Waals surface area contributed by atoms with Crippen molar-refractivity contribution in [3.8, 4) is 5.75 Å². The highest BCUT2D eigenvalue weighted by atomic mass is 32.2. The van der Waals surface area contributed by atoms with Crippen molar-refractivity contribution < 1.29 is 23.1 Å². The predicted octanol–water partition coefficient (Wildman–Crippen LogP) is 4.71. The van der Waals surface area contributed by atoms with E-state index in [2.05, 4.69) is 5.32 Å². The van der Waals surface area contributed by atoms with Crippen LogP contribution in [-0.2, 0) is 6.54 Å². The lowest BCUT2D eigenvalue weighted by molar-refractivity contribution is -0.105. The van der Waals surface area contributed by atoms with Gasteiger partial charge in [-0.25, -0.2) is 4.79 Å². The molecule has 0 aliphatic heterocycles. The van der Waals surface area contributed by atoms with Gasteiger partial charge in [0.05, 0.1) is 11.4 Å². The molecule has 0 saturated heterocycles. The maximum Gasteiger partial charge on any atom is 0.398 e. The van der Waals surface area contributed by atoms with Gasteiger partial charge in [-0.15, -0.1) is 11.8 Å². The second kappa shape index (κ2) is 8.15. The molecule has 0 radical (unpaired) electrons. The van der Waals surface area contributed by atoms with Crippen LogP contribution in [0.1, 0.15) is 5.56 Å². The van der Waals surface area contributed by atoms with Gasteiger partial charge in [0.2, 0.25) is 0 Å². The molecule has 4 nitrogen and oxygen atoms in total. The summed E-state index contributed by atoms with van der Waals surface area (Å²) in [4.78, 5) is 14.0. The van der Waals surface area contributed by atoms with Gasteiger partial charge in [0.1, 0.15) is 5.75 Å². The first-order valence-electron chi connectivity index (χ1n) is 7.33. The quantitative estimate of drug-likeness (QED) is 0.750. The summed E-state index contributed by atoms with van der Waals surface area (Å²) in [5.74, 6) is -0.894. The van der Waals surface area contributed by atoms with Crippen LogP contribution >= 0.6 is 11.8 Å². The van der Waals surface area contributed by atoms with E-state index in [4.69, 9.17) is 0 Å². The molecule has 2 aromatic carbocycles. The summed E-state index contributed by atoms with van der Waals surface area (Å²) in [5, 5.41) is 11.9. The van der Waals surface area contributed by atoms with Crippen molar-refractivity contribution in [3.05, 3.63) is 54.1 Å². The van der Waals surface area contributed by atoms with Gasteiger partial charge >= 0.3 is 12.2 Å². The van der Waals surface area contributed by atoms with Crippen LogP contribution in [0.15, 0.2) is 53.4 Å². The highest BCUT2D eigenvalue weighted by Gasteiger charge is 2.27. The largest absolute Gasteiger partial charge is 0.508 e. The Morgan fingerprint density at radius 1 is 1.16 bits per heavy atom. The van der Waals surface area contributed by atoms with Gasteiger partial charge in [-0.1, -0.05) is 24.3 Å². The fraction of sp³-hybridized carbons (Fsp3) is 0.235. The molecule has 0 aliphatic carbocycles. The molecule has 134 valence electrons. The SMILES string of the molecule is CN(Cc1ccc(O)cc1)C(=O)Nc1ccccc1SCC(F)(F)F. The zero-order chi connectivity index (χ0) is 18.4. The molecular formula is C17H17F3N2O2S. The number of para-hydroxylation sites is 1. The lowest BCUT2D eigenvalue weighted by Crippen LogP contribution is -2.31. The molecule has 8 heteroatoms. The molecule has 0 heterocycles. The molecule has 0 fully saturated rings. The number of aromatic hydroxyl groups is 1. The van der Waals surface area contributed by atoms with Crippen LogP contribution in [0.2, 0.25) is 0 Å². The monoisotopic (exact) mass is 370 g/mol. The molecular weight excluding hydrogens is 353 g/mol. The van der Waals surface area contributed by atoms with E-state index in [1.165, 1.54) is 23.1 Å². The highest BCUT2D eigenvalue weighted by Crippen LogP contribution is 2.32. The lowest BCUT2D eigenvalue weighted by atomic mass is 10.2. The summed E-state index contributed by atoms with van der Waals surface area (Å²) >= 11 is 0.627. The Bertz CT molecular complexity index is 721. The van der Waals surface area contributed by atoms with Crippen molar-refractivity contribution in [1.29, 1.82) is 0 Å². The van der Waals surface area contributed by atoms with Crippen LogP contribution in [-0.4, -0.2) is 35.0 Å². The number of carbonyl (C=O) groups is 1. The average molecular weight is 370 g/mol. The van der Waals surface area contributed by atoms with Crippen LogP contribution in [0.25, 0.3) is 0 Å². The lowest BCUT2D eigenvalue weighted by Gasteiger charge is -2.19. The molecule has 0 unspecified atom stereocenters. The third-order valence-electron chi connectivity index (χ3n) is 3.22.